The Balaban J connectivity index is 2.98. The first-order chi connectivity index (χ1) is 9.24. The lowest BCUT2D eigenvalue weighted by atomic mass is 9.91. The van der Waals surface area contributed by atoms with Crippen molar-refractivity contribution in [3.8, 4) is 0 Å². The van der Waals surface area contributed by atoms with Crippen LogP contribution in [0, 0.1) is 20.8 Å². The van der Waals surface area contributed by atoms with Gasteiger partial charge in [-0.2, -0.15) is 13.2 Å². The standard InChI is InChI=1S/C16H24F3N/c1-5-8-20-14(6-7-16(17,18)19)15-12(3)9-11(2)10-13(15)4/h9-10,14,20H,5-8H2,1-4H3. The van der Waals surface area contributed by atoms with E-state index in [1.807, 2.05) is 39.8 Å². The van der Waals surface area contributed by atoms with Crippen molar-refractivity contribution in [3.05, 3.63) is 34.4 Å². The van der Waals surface area contributed by atoms with E-state index in [0.717, 1.165) is 35.2 Å². The minimum atomic E-state index is -4.10. The fraction of sp³-hybridized carbons (Fsp3) is 0.625. The van der Waals surface area contributed by atoms with Gasteiger partial charge in [0.1, 0.15) is 0 Å². The minimum absolute atomic E-state index is 0.0915. The van der Waals surface area contributed by atoms with Crippen LogP contribution in [0.4, 0.5) is 13.2 Å². The van der Waals surface area contributed by atoms with Gasteiger partial charge < -0.3 is 5.32 Å². The summed E-state index contributed by atoms with van der Waals surface area (Å²) in [6.45, 7) is 8.71. The molecule has 0 aromatic heterocycles. The van der Waals surface area contributed by atoms with Crippen LogP contribution >= 0.6 is 0 Å². The molecule has 1 aromatic rings. The maximum atomic E-state index is 12.5. The molecular weight excluding hydrogens is 263 g/mol. The van der Waals surface area contributed by atoms with Crippen molar-refractivity contribution < 1.29 is 13.2 Å². The second-order valence-electron chi connectivity index (χ2n) is 5.47. The van der Waals surface area contributed by atoms with Gasteiger partial charge in [-0.15, -0.1) is 0 Å². The first kappa shape index (κ1) is 17.0. The second-order valence-corrected chi connectivity index (χ2v) is 5.47. The fourth-order valence-electron chi connectivity index (χ4n) is 2.72. The van der Waals surface area contributed by atoms with Gasteiger partial charge in [-0.05, 0) is 56.8 Å². The van der Waals surface area contributed by atoms with Gasteiger partial charge in [-0.1, -0.05) is 24.6 Å². The van der Waals surface area contributed by atoms with Crippen molar-refractivity contribution in [3.63, 3.8) is 0 Å². The molecule has 1 nitrogen and oxygen atoms in total. The molecule has 0 spiro atoms. The van der Waals surface area contributed by atoms with E-state index in [1.165, 1.54) is 0 Å². The minimum Gasteiger partial charge on any atom is -0.310 e. The molecule has 0 saturated carbocycles. The van der Waals surface area contributed by atoms with Gasteiger partial charge in [0.05, 0.1) is 0 Å². The Bertz CT molecular complexity index is 415. The Labute approximate surface area is 119 Å². The molecule has 0 saturated heterocycles. The Kier molecular flexibility index (Phi) is 6.06. The third-order valence-corrected chi connectivity index (χ3v) is 3.44. The Morgan fingerprint density at radius 2 is 1.65 bits per heavy atom. The van der Waals surface area contributed by atoms with Crippen LogP contribution in [-0.2, 0) is 0 Å². The molecule has 0 bridgehead atoms. The van der Waals surface area contributed by atoms with Crippen molar-refractivity contribution >= 4 is 0 Å². The monoisotopic (exact) mass is 287 g/mol. The summed E-state index contributed by atoms with van der Waals surface area (Å²) in [5.41, 5.74) is 4.30. The summed E-state index contributed by atoms with van der Waals surface area (Å²) in [6.07, 6.45) is -3.85. The van der Waals surface area contributed by atoms with Crippen molar-refractivity contribution in [1.29, 1.82) is 0 Å². The predicted octanol–water partition coefficient (Wildman–Crippen LogP) is 5.00. The van der Waals surface area contributed by atoms with E-state index < -0.39 is 12.6 Å². The lowest BCUT2D eigenvalue weighted by Gasteiger charge is -2.24. The molecule has 1 atom stereocenters. The molecule has 0 heterocycles. The SMILES string of the molecule is CCCNC(CCC(F)(F)F)c1c(C)cc(C)cc1C. The average molecular weight is 287 g/mol. The molecule has 20 heavy (non-hydrogen) atoms. The van der Waals surface area contributed by atoms with Crippen LogP contribution in [0.2, 0.25) is 0 Å². The topological polar surface area (TPSA) is 12.0 Å². The molecule has 0 amide bonds. The maximum Gasteiger partial charge on any atom is 0.389 e. The summed E-state index contributed by atoms with van der Waals surface area (Å²) in [7, 11) is 0. The van der Waals surface area contributed by atoms with E-state index in [0.29, 0.717) is 0 Å². The predicted molar refractivity (Wildman–Crippen MR) is 77.0 cm³/mol. The van der Waals surface area contributed by atoms with Crippen LogP contribution < -0.4 is 5.32 Å². The van der Waals surface area contributed by atoms with Gasteiger partial charge >= 0.3 is 6.18 Å². The zero-order valence-corrected chi connectivity index (χ0v) is 12.7. The van der Waals surface area contributed by atoms with Crippen LogP contribution in [0.5, 0.6) is 0 Å². The van der Waals surface area contributed by atoms with E-state index in [-0.39, 0.29) is 12.5 Å². The quantitative estimate of drug-likeness (QED) is 0.776. The number of nitrogens with one attached hydrogen (secondary N) is 1. The summed E-state index contributed by atoms with van der Waals surface area (Å²) < 4.78 is 37.5. The van der Waals surface area contributed by atoms with Gasteiger partial charge in [0.2, 0.25) is 0 Å². The number of rotatable bonds is 6. The van der Waals surface area contributed by atoms with Gasteiger partial charge in [-0.25, -0.2) is 0 Å². The van der Waals surface area contributed by atoms with E-state index >= 15 is 0 Å². The highest BCUT2D eigenvalue weighted by atomic mass is 19.4. The first-order valence-corrected chi connectivity index (χ1v) is 7.12. The number of aryl methyl sites for hydroxylation is 3. The molecule has 1 aromatic carbocycles. The molecule has 0 aliphatic carbocycles. The van der Waals surface area contributed by atoms with Gasteiger partial charge in [0, 0.05) is 12.5 Å². The average Bonchev–Trinajstić information content (AvgIpc) is 2.29. The highest BCUT2D eigenvalue weighted by Gasteiger charge is 2.29. The van der Waals surface area contributed by atoms with Crippen LogP contribution in [0.1, 0.15) is 54.5 Å². The highest BCUT2D eigenvalue weighted by molar-refractivity contribution is 5.39. The highest BCUT2D eigenvalue weighted by Crippen LogP contribution is 2.31. The van der Waals surface area contributed by atoms with Crippen molar-refractivity contribution in [2.45, 2.75) is 59.2 Å². The number of hydrogen-bond donors (Lipinski definition) is 1. The molecule has 0 fully saturated rings. The van der Waals surface area contributed by atoms with Crippen LogP contribution in [-0.4, -0.2) is 12.7 Å². The zero-order valence-electron chi connectivity index (χ0n) is 12.7. The van der Waals surface area contributed by atoms with Crippen LogP contribution in [0.15, 0.2) is 12.1 Å². The Morgan fingerprint density at radius 3 is 2.10 bits per heavy atom. The van der Waals surface area contributed by atoms with Crippen molar-refractivity contribution in [1.82, 2.24) is 5.32 Å². The molecular formula is C16H24F3N. The van der Waals surface area contributed by atoms with E-state index in [9.17, 15) is 13.2 Å². The number of alkyl halides is 3. The molecule has 0 aliphatic heterocycles. The third-order valence-electron chi connectivity index (χ3n) is 3.44. The summed E-state index contributed by atoms with van der Waals surface area (Å²) in [6, 6.07) is 3.85. The van der Waals surface area contributed by atoms with E-state index in [4.69, 9.17) is 0 Å². The Hall–Kier alpha value is -1.03. The van der Waals surface area contributed by atoms with E-state index in [1.54, 1.807) is 0 Å². The molecule has 1 unspecified atom stereocenters. The molecule has 114 valence electrons. The fourth-order valence-corrected chi connectivity index (χ4v) is 2.72. The summed E-state index contributed by atoms with van der Waals surface area (Å²) in [5, 5.41) is 3.26. The van der Waals surface area contributed by atoms with Crippen molar-refractivity contribution in [2.75, 3.05) is 6.54 Å². The Morgan fingerprint density at radius 1 is 1.10 bits per heavy atom. The summed E-state index contributed by atoms with van der Waals surface area (Å²) >= 11 is 0. The summed E-state index contributed by atoms with van der Waals surface area (Å²) in [4.78, 5) is 0. The first-order valence-electron chi connectivity index (χ1n) is 7.12. The molecule has 1 rings (SSSR count). The second kappa shape index (κ2) is 7.11. The zero-order chi connectivity index (χ0) is 15.3. The van der Waals surface area contributed by atoms with Gasteiger partial charge in [0.25, 0.3) is 0 Å². The van der Waals surface area contributed by atoms with Crippen molar-refractivity contribution in [2.24, 2.45) is 0 Å². The van der Waals surface area contributed by atoms with Gasteiger partial charge in [0.15, 0.2) is 0 Å². The maximum absolute atomic E-state index is 12.5. The van der Waals surface area contributed by atoms with E-state index in [2.05, 4.69) is 5.32 Å². The molecule has 4 heteroatoms. The normalized spacial score (nSPS) is 13.6. The largest absolute Gasteiger partial charge is 0.389 e. The number of benzene rings is 1. The molecule has 0 radical (unpaired) electrons. The lowest BCUT2D eigenvalue weighted by Crippen LogP contribution is -2.25. The summed E-state index contributed by atoms with van der Waals surface area (Å²) in [5.74, 6) is 0. The number of hydrogen-bond acceptors (Lipinski definition) is 1. The van der Waals surface area contributed by atoms with Gasteiger partial charge in [-0.3, -0.25) is 0 Å². The number of halogens is 3. The molecule has 0 aliphatic rings. The molecule has 1 N–H and O–H groups in total. The van der Waals surface area contributed by atoms with Crippen LogP contribution in [0.3, 0.4) is 0 Å². The third kappa shape index (κ3) is 5.16. The smallest absolute Gasteiger partial charge is 0.310 e. The van der Waals surface area contributed by atoms with Crippen LogP contribution in [0.25, 0.3) is 0 Å². The lowest BCUT2D eigenvalue weighted by molar-refractivity contribution is -0.136.